The van der Waals surface area contributed by atoms with Crippen LogP contribution in [0.1, 0.15) is 26.7 Å². The minimum atomic E-state index is -5.08. The first kappa shape index (κ1) is 24.6. The van der Waals surface area contributed by atoms with Crippen molar-refractivity contribution in [2.75, 3.05) is 18.4 Å². The van der Waals surface area contributed by atoms with Crippen molar-refractivity contribution in [1.29, 1.82) is 0 Å². The van der Waals surface area contributed by atoms with Crippen LogP contribution in [-0.2, 0) is 9.59 Å². The van der Waals surface area contributed by atoms with E-state index >= 15 is 0 Å². The van der Waals surface area contributed by atoms with Crippen molar-refractivity contribution in [2.45, 2.75) is 38.9 Å². The number of nitrogens with two attached hydrogens (primary N) is 1. The number of carbonyl (C=O) groups excluding carboxylic acids is 1. The largest absolute Gasteiger partial charge is 0.490 e. The lowest BCUT2D eigenvalue weighted by Crippen LogP contribution is -2.41. The second-order valence-electron chi connectivity index (χ2n) is 6.64. The molecule has 162 valence electrons. The second-order valence-corrected chi connectivity index (χ2v) is 7.44. The maximum Gasteiger partial charge on any atom is 0.490 e. The summed E-state index contributed by atoms with van der Waals surface area (Å²) in [6.45, 7) is 5.53. The van der Waals surface area contributed by atoms with Crippen LogP contribution in [0, 0.1) is 5.92 Å². The standard InChI is InChI=1S/C16H24N4OS.C2HF3O2/c1-11(2)10-13(17)16(21)19-9-5-8-18-15-12-6-3-4-7-14(12)22-20-15;3-2(4,5)1(6)7/h3-4,6-7,11,13H,5,8-10,17H2,1-2H3,(H,18,20)(H,19,21);(H,6,7). The van der Waals surface area contributed by atoms with Gasteiger partial charge in [0.25, 0.3) is 0 Å². The van der Waals surface area contributed by atoms with Gasteiger partial charge in [-0.1, -0.05) is 26.0 Å². The highest BCUT2D eigenvalue weighted by atomic mass is 32.1. The number of benzene rings is 1. The molecule has 0 saturated carbocycles. The average Bonchev–Trinajstić information content (AvgIpc) is 3.03. The van der Waals surface area contributed by atoms with E-state index in [4.69, 9.17) is 15.6 Å². The predicted octanol–water partition coefficient (Wildman–Crippen LogP) is 3.22. The van der Waals surface area contributed by atoms with Crippen molar-refractivity contribution in [3.63, 3.8) is 0 Å². The first-order valence-corrected chi connectivity index (χ1v) is 9.71. The number of rotatable bonds is 8. The van der Waals surface area contributed by atoms with E-state index in [1.165, 1.54) is 16.2 Å². The summed E-state index contributed by atoms with van der Waals surface area (Å²) >= 11 is 1.49. The maximum atomic E-state index is 11.8. The minimum Gasteiger partial charge on any atom is -0.475 e. The number of carboxylic acid groups (broad SMARTS) is 1. The first-order chi connectivity index (χ1) is 13.5. The van der Waals surface area contributed by atoms with E-state index in [-0.39, 0.29) is 5.91 Å². The third kappa shape index (κ3) is 9.09. The number of alkyl halides is 3. The van der Waals surface area contributed by atoms with E-state index in [0.29, 0.717) is 12.5 Å². The fourth-order valence-corrected chi connectivity index (χ4v) is 3.02. The number of hydrogen-bond acceptors (Lipinski definition) is 6. The summed E-state index contributed by atoms with van der Waals surface area (Å²) < 4.78 is 37.3. The highest BCUT2D eigenvalue weighted by molar-refractivity contribution is 7.13. The molecule has 0 aliphatic heterocycles. The number of carbonyl (C=O) groups is 2. The molecular weight excluding hydrogens is 409 g/mol. The fraction of sp³-hybridized carbons (Fsp3) is 0.500. The van der Waals surface area contributed by atoms with Crippen LogP contribution in [-0.4, -0.2) is 46.7 Å². The Balaban J connectivity index is 0.000000516. The van der Waals surface area contributed by atoms with Gasteiger partial charge in [-0.2, -0.15) is 17.5 Å². The van der Waals surface area contributed by atoms with Gasteiger partial charge in [0.05, 0.1) is 10.7 Å². The van der Waals surface area contributed by atoms with Gasteiger partial charge in [0.2, 0.25) is 5.91 Å². The number of amides is 1. The van der Waals surface area contributed by atoms with Crippen molar-refractivity contribution < 1.29 is 27.9 Å². The molecule has 1 unspecified atom stereocenters. The molecule has 0 aliphatic carbocycles. The number of fused-ring (bicyclic) bond motifs is 1. The molecule has 2 rings (SSSR count). The Morgan fingerprint density at radius 2 is 1.86 bits per heavy atom. The summed E-state index contributed by atoms with van der Waals surface area (Å²) in [6.07, 6.45) is -3.53. The highest BCUT2D eigenvalue weighted by Gasteiger charge is 2.38. The number of aliphatic carboxylic acids is 1. The number of nitrogens with zero attached hydrogens (tertiary/aromatic N) is 1. The van der Waals surface area contributed by atoms with Gasteiger partial charge in [-0.25, -0.2) is 4.79 Å². The third-order valence-corrected chi connectivity index (χ3v) is 4.45. The molecule has 2 aromatic rings. The molecule has 11 heteroatoms. The zero-order valence-electron chi connectivity index (χ0n) is 16.1. The van der Waals surface area contributed by atoms with Crippen molar-refractivity contribution >= 4 is 39.3 Å². The summed E-state index contributed by atoms with van der Waals surface area (Å²) in [7, 11) is 0. The van der Waals surface area contributed by atoms with Crippen LogP contribution in [0.25, 0.3) is 10.1 Å². The van der Waals surface area contributed by atoms with Gasteiger partial charge < -0.3 is 21.5 Å². The topological polar surface area (TPSA) is 117 Å². The number of halogens is 3. The Labute approximate surface area is 170 Å². The summed E-state index contributed by atoms with van der Waals surface area (Å²) in [5, 5.41) is 14.5. The van der Waals surface area contributed by atoms with E-state index in [2.05, 4.69) is 41.0 Å². The van der Waals surface area contributed by atoms with Crippen LogP contribution in [0.5, 0.6) is 0 Å². The van der Waals surface area contributed by atoms with Crippen LogP contribution in [0.4, 0.5) is 19.0 Å². The Hall–Kier alpha value is -2.40. The zero-order valence-corrected chi connectivity index (χ0v) is 16.9. The summed E-state index contributed by atoms with van der Waals surface area (Å²) in [5.74, 6) is -1.47. The first-order valence-electron chi connectivity index (χ1n) is 8.94. The van der Waals surface area contributed by atoms with Gasteiger partial charge in [0.15, 0.2) is 0 Å². The maximum absolute atomic E-state index is 11.8. The smallest absolute Gasteiger partial charge is 0.475 e. The van der Waals surface area contributed by atoms with Crippen molar-refractivity contribution in [2.24, 2.45) is 11.7 Å². The third-order valence-electron chi connectivity index (χ3n) is 3.63. The molecule has 0 spiro atoms. The molecular formula is C18H25F3N4O3S. The Bertz CT molecular complexity index is 796. The zero-order chi connectivity index (χ0) is 22.0. The molecule has 0 saturated heterocycles. The van der Waals surface area contributed by atoms with E-state index in [1.54, 1.807) is 0 Å². The highest BCUT2D eigenvalue weighted by Crippen LogP contribution is 2.25. The Kier molecular flexibility index (Phi) is 9.83. The van der Waals surface area contributed by atoms with Gasteiger partial charge in [-0.05, 0) is 42.4 Å². The molecule has 0 aliphatic rings. The summed E-state index contributed by atoms with van der Waals surface area (Å²) in [4.78, 5) is 20.7. The Morgan fingerprint density at radius 1 is 1.24 bits per heavy atom. The molecule has 0 bridgehead atoms. The van der Waals surface area contributed by atoms with Gasteiger partial charge in [0, 0.05) is 18.5 Å². The number of aromatic nitrogens is 1. The minimum absolute atomic E-state index is 0.0622. The van der Waals surface area contributed by atoms with E-state index in [0.717, 1.165) is 30.6 Å². The SMILES string of the molecule is CC(C)CC(N)C(=O)NCCCNc1nsc2ccccc12.O=C(O)C(F)(F)F. The summed E-state index contributed by atoms with van der Waals surface area (Å²) in [6, 6.07) is 7.75. The number of carboxylic acids is 1. The van der Waals surface area contributed by atoms with Crippen LogP contribution >= 0.6 is 11.5 Å². The molecule has 1 atom stereocenters. The molecule has 29 heavy (non-hydrogen) atoms. The van der Waals surface area contributed by atoms with Gasteiger partial charge >= 0.3 is 12.1 Å². The molecule has 7 nitrogen and oxygen atoms in total. The monoisotopic (exact) mass is 434 g/mol. The molecule has 1 aromatic carbocycles. The van der Waals surface area contributed by atoms with Crippen LogP contribution in [0.15, 0.2) is 24.3 Å². The van der Waals surface area contributed by atoms with Crippen molar-refractivity contribution in [1.82, 2.24) is 9.69 Å². The number of hydrogen-bond donors (Lipinski definition) is 4. The average molecular weight is 434 g/mol. The van der Waals surface area contributed by atoms with Crippen molar-refractivity contribution in [3.05, 3.63) is 24.3 Å². The van der Waals surface area contributed by atoms with E-state index < -0.39 is 18.2 Å². The van der Waals surface area contributed by atoms with Gasteiger partial charge in [0.1, 0.15) is 5.82 Å². The lowest BCUT2D eigenvalue weighted by atomic mass is 10.0. The van der Waals surface area contributed by atoms with Crippen LogP contribution < -0.4 is 16.4 Å². The lowest BCUT2D eigenvalue weighted by Gasteiger charge is -2.14. The van der Waals surface area contributed by atoms with Gasteiger partial charge in [-0.15, -0.1) is 0 Å². The molecule has 5 N–H and O–H groups in total. The predicted molar refractivity (Wildman–Crippen MR) is 107 cm³/mol. The summed E-state index contributed by atoms with van der Waals surface area (Å²) in [5.41, 5.74) is 5.84. The fourth-order valence-electron chi connectivity index (χ4n) is 2.27. The van der Waals surface area contributed by atoms with E-state index in [1.807, 2.05) is 12.1 Å². The van der Waals surface area contributed by atoms with Gasteiger partial charge in [-0.3, -0.25) is 4.79 Å². The van der Waals surface area contributed by atoms with Crippen molar-refractivity contribution in [3.8, 4) is 0 Å². The number of anilines is 1. The molecule has 1 amide bonds. The quantitative estimate of drug-likeness (QED) is 0.474. The molecule has 0 fully saturated rings. The van der Waals surface area contributed by atoms with E-state index in [9.17, 15) is 18.0 Å². The molecule has 1 heterocycles. The molecule has 1 aromatic heterocycles. The molecule has 0 radical (unpaired) electrons. The normalized spacial score (nSPS) is 12.2. The second kappa shape index (κ2) is 11.6. The Morgan fingerprint density at radius 3 is 2.45 bits per heavy atom. The van der Waals surface area contributed by atoms with Crippen LogP contribution in [0.2, 0.25) is 0 Å². The number of nitrogens with one attached hydrogen (secondary N) is 2. The van der Waals surface area contributed by atoms with Crippen LogP contribution in [0.3, 0.4) is 0 Å². The lowest BCUT2D eigenvalue weighted by molar-refractivity contribution is -0.192.